The van der Waals surface area contributed by atoms with Crippen molar-refractivity contribution in [2.24, 2.45) is 0 Å². The van der Waals surface area contributed by atoms with Gasteiger partial charge < -0.3 is 10.1 Å². The van der Waals surface area contributed by atoms with Crippen LogP contribution in [0.25, 0.3) is 10.8 Å². The molecule has 0 fully saturated rings. The van der Waals surface area contributed by atoms with Gasteiger partial charge in [-0.15, -0.1) is 0 Å². The fourth-order valence-corrected chi connectivity index (χ4v) is 1.93. The summed E-state index contributed by atoms with van der Waals surface area (Å²) >= 11 is 0. The summed E-state index contributed by atoms with van der Waals surface area (Å²) in [5.74, 6) is 0.694. The summed E-state index contributed by atoms with van der Waals surface area (Å²) in [5.41, 5.74) is 1.22. The van der Waals surface area contributed by atoms with Gasteiger partial charge in [0.1, 0.15) is 0 Å². The van der Waals surface area contributed by atoms with Crippen molar-refractivity contribution < 1.29 is 4.74 Å². The Balaban J connectivity index is 2.37. The van der Waals surface area contributed by atoms with Crippen molar-refractivity contribution in [1.29, 1.82) is 0 Å². The summed E-state index contributed by atoms with van der Waals surface area (Å²) < 4.78 is 5.28. The van der Waals surface area contributed by atoms with Crippen LogP contribution in [0.4, 0.5) is 0 Å². The molecule has 90 valence electrons. The maximum Gasteiger partial charge on any atom is 0.221 e. The van der Waals surface area contributed by atoms with Crippen molar-refractivity contribution in [2.75, 3.05) is 13.7 Å². The van der Waals surface area contributed by atoms with Gasteiger partial charge in [-0.1, -0.05) is 25.1 Å². The number of rotatable bonds is 5. The Morgan fingerprint density at radius 2 is 2.00 bits per heavy atom. The van der Waals surface area contributed by atoms with E-state index in [0.29, 0.717) is 5.88 Å². The van der Waals surface area contributed by atoms with E-state index >= 15 is 0 Å². The molecule has 0 bridgehead atoms. The number of nitrogens with one attached hydrogen (secondary N) is 1. The highest BCUT2D eigenvalue weighted by molar-refractivity contribution is 5.89. The Kier molecular flexibility index (Phi) is 3.94. The summed E-state index contributed by atoms with van der Waals surface area (Å²) in [4.78, 5) is 4.34. The van der Waals surface area contributed by atoms with E-state index in [4.69, 9.17) is 4.74 Å². The van der Waals surface area contributed by atoms with E-state index in [0.717, 1.165) is 24.9 Å². The minimum Gasteiger partial charge on any atom is -0.481 e. The Morgan fingerprint density at radius 1 is 1.24 bits per heavy atom. The van der Waals surface area contributed by atoms with Crippen LogP contribution in [0, 0.1) is 0 Å². The van der Waals surface area contributed by atoms with Crippen LogP contribution in [0.3, 0.4) is 0 Å². The largest absolute Gasteiger partial charge is 0.481 e. The van der Waals surface area contributed by atoms with Crippen molar-refractivity contribution in [2.45, 2.75) is 19.9 Å². The second kappa shape index (κ2) is 5.64. The summed E-state index contributed by atoms with van der Waals surface area (Å²) in [6.07, 6.45) is 3.03. The molecule has 0 amide bonds. The van der Waals surface area contributed by atoms with Gasteiger partial charge in [0.15, 0.2) is 0 Å². The predicted octanol–water partition coefficient (Wildman–Crippen LogP) is 2.74. The molecule has 1 N–H and O–H groups in total. The molecule has 17 heavy (non-hydrogen) atoms. The number of hydrogen-bond donors (Lipinski definition) is 1. The van der Waals surface area contributed by atoms with Crippen LogP contribution in [-0.2, 0) is 6.54 Å². The van der Waals surface area contributed by atoms with Crippen LogP contribution in [0.2, 0.25) is 0 Å². The Labute approximate surface area is 102 Å². The lowest BCUT2D eigenvalue weighted by Crippen LogP contribution is -2.14. The highest BCUT2D eigenvalue weighted by Crippen LogP contribution is 2.25. The van der Waals surface area contributed by atoms with Gasteiger partial charge >= 0.3 is 0 Å². The maximum absolute atomic E-state index is 5.28. The second-order valence-electron chi connectivity index (χ2n) is 4.02. The standard InChI is InChI=1S/C14H18N2O/c1-3-8-15-9-11-10-16-14(17-2)13-7-5-4-6-12(11)13/h4-7,10,15H,3,8-9H2,1-2H3. The number of ether oxygens (including phenoxy) is 1. The van der Waals surface area contributed by atoms with E-state index in [1.165, 1.54) is 10.9 Å². The van der Waals surface area contributed by atoms with Crippen LogP contribution < -0.4 is 10.1 Å². The first-order valence-electron chi connectivity index (χ1n) is 5.98. The van der Waals surface area contributed by atoms with E-state index < -0.39 is 0 Å². The van der Waals surface area contributed by atoms with E-state index in [-0.39, 0.29) is 0 Å². The zero-order valence-corrected chi connectivity index (χ0v) is 10.4. The second-order valence-corrected chi connectivity index (χ2v) is 4.02. The first-order valence-corrected chi connectivity index (χ1v) is 5.98. The van der Waals surface area contributed by atoms with Crippen molar-refractivity contribution in [3.8, 4) is 5.88 Å². The quantitative estimate of drug-likeness (QED) is 0.802. The minimum atomic E-state index is 0.694. The van der Waals surface area contributed by atoms with Crippen LogP contribution >= 0.6 is 0 Å². The van der Waals surface area contributed by atoms with Gasteiger partial charge in [0, 0.05) is 18.1 Å². The highest BCUT2D eigenvalue weighted by Gasteiger charge is 2.06. The summed E-state index contributed by atoms with van der Waals surface area (Å²) in [6, 6.07) is 8.22. The predicted molar refractivity (Wildman–Crippen MR) is 70.3 cm³/mol. The van der Waals surface area contributed by atoms with Gasteiger partial charge in [0.25, 0.3) is 0 Å². The fraction of sp³-hybridized carbons (Fsp3) is 0.357. The van der Waals surface area contributed by atoms with Gasteiger partial charge in [-0.2, -0.15) is 0 Å². The van der Waals surface area contributed by atoms with Crippen molar-refractivity contribution in [3.05, 3.63) is 36.0 Å². The lowest BCUT2D eigenvalue weighted by atomic mass is 10.1. The van der Waals surface area contributed by atoms with E-state index in [9.17, 15) is 0 Å². The van der Waals surface area contributed by atoms with Gasteiger partial charge in [0.05, 0.1) is 7.11 Å². The van der Waals surface area contributed by atoms with Crippen LogP contribution in [0.5, 0.6) is 5.88 Å². The van der Waals surface area contributed by atoms with Crippen LogP contribution in [0.1, 0.15) is 18.9 Å². The monoisotopic (exact) mass is 230 g/mol. The molecule has 1 aromatic carbocycles. The molecular weight excluding hydrogens is 212 g/mol. The molecule has 0 spiro atoms. The molecule has 3 nitrogen and oxygen atoms in total. The van der Waals surface area contributed by atoms with Gasteiger partial charge in [0.2, 0.25) is 5.88 Å². The lowest BCUT2D eigenvalue weighted by Gasteiger charge is -2.09. The molecule has 0 radical (unpaired) electrons. The molecule has 0 unspecified atom stereocenters. The number of aromatic nitrogens is 1. The smallest absolute Gasteiger partial charge is 0.221 e. The molecule has 0 aliphatic rings. The molecule has 0 saturated heterocycles. The van der Waals surface area contributed by atoms with Gasteiger partial charge in [-0.25, -0.2) is 4.98 Å². The Hall–Kier alpha value is -1.61. The number of nitrogens with zero attached hydrogens (tertiary/aromatic N) is 1. The van der Waals surface area contributed by atoms with Crippen LogP contribution in [-0.4, -0.2) is 18.6 Å². The maximum atomic E-state index is 5.28. The van der Waals surface area contributed by atoms with Crippen molar-refractivity contribution >= 4 is 10.8 Å². The third kappa shape index (κ3) is 2.56. The number of hydrogen-bond acceptors (Lipinski definition) is 3. The first-order chi connectivity index (χ1) is 8.36. The lowest BCUT2D eigenvalue weighted by molar-refractivity contribution is 0.403. The molecule has 1 heterocycles. The molecule has 0 atom stereocenters. The van der Waals surface area contributed by atoms with E-state index in [1.807, 2.05) is 24.4 Å². The highest BCUT2D eigenvalue weighted by atomic mass is 16.5. The van der Waals surface area contributed by atoms with E-state index in [2.05, 4.69) is 23.3 Å². The Morgan fingerprint density at radius 3 is 2.71 bits per heavy atom. The molecular formula is C14H18N2O. The SMILES string of the molecule is CCCNCc1cnc(OC)c2ccccc12. The summed E-state index contributed by atoms with van der Waals surface area (Å²) in [5, 5.41) is 5.69. The zero-order valence-electron chi connectivity index (χ0n) is 10.4. The molecule has 0 saturated carbocycles. The van der Waals surface area contributed by atoms with E-state index in [1.54, 1.807) is 7.11 Å². The molecule has 2 rings (SSSR count). The van der Waals surface area contributed by atoms with Gasteiger partial charge in [-0.05, 0) is 30.0 Å². The molecule has 1 aromatic heterocycles. The number of fused-ring (bicyclic) bond motifs is 1. The summed E-state index contributed by atoms with van der Waals surface area (Å²) in [7, 11) is 1.66. The average molecular weight is 230 g/mol. The fourth-order valence-electron chi connectivity index (χ4n) is 1.93. The average Bonchev–Trinajstić information content (AvgIpc) is 2.39. The topological polar surface area (TPSA) is 34.2 Å². The van der Waals surface area contributed by atoms with Gasteiger partial charge in [-0.3, -0.25) is 0 Å². The Bertz CT molecular complexity index is 497. The molecule has 3 heteroatoms. The first kappa shape index (κ1) is 11.9. The molecule has 2 aromatic rings. The zero-order chi connectivity index (χ0) is 12.1. The normalized spacial score (nSPS) is 10.7. The summed E-state index contributed by atoms with van der Waals surface area (Å²) in [6.45, 7) is 4.04. The third-order valence-electron chi connectivity index (χ3n) is 2.78. The van der Waals surface area contributed by atoms with Crippen molar-refractivity contribution in [3.63, 3.8) is 0 Å². The van der Waals surface area contributed by atoms with Crippen molar-refractivity contribution in [1.82, 2.24) is 10.3 Å². The van der Waals surface area contributed by atoms with Crippen LogP contribution in [0.15, 0.2) is 30.5 Å². The minimum absolute atomic E-state index is 0.694. The molecule has 0 aliphatic carbocycles. The number of methoxy groups -OCH3 is 1. The molecule has 0 aliphatic heterocycles. The number of pyridine rings is 1. The number of benzene rings is 1. The third-order valence-corrected chi connectivity index (χ3v) is 2.78.